The minimum atomic E-state index is -2.07. The molecule has 0 N–H and O–H groups in total. The van der Waals surface area contributed by atoms with Gasteiger partial charge in [-0.1, -0.05) is 41.5 Å². The Kier molecular flexibility index (Phi) is 5.93. The molecule has 0 saturated carbocycles. The van der Waals surface area contributed by atoms with E-state index in [0.717, 1.165) is 11.3 Å². The molecule has 0 aromatic carbocycles. The van der Waals surface area contributed by atoms with Crippen LogP contribution in [0.5, 0.6) is 0 Å². The number of nitrogens with zero attached hydrogens (tertiary/aromatic N) is 2. The van der Waals surface area contributed by atoms with Crippen molar-refractivity contribution in [1.82, 2.24) is 9.88 Å². The van der Waals surface area contributed by atoms with Crippen molar-refractivity contribution < 1.29 is 14.0 Å². The maximum Gasteiger partial charge on any atom is 0.414 e. The molecule has 2 rings (SSSR count). The predicted molar refractivity (Wildman–Crippen MR) is 101 cm³/mol. The van der Waals surface area contributed by atoms with Crippen LogP contribution in [0, 0.1) is 0 Å². The summed E-state index contributed by atoms with van der Waals surface area (Å²) in [5.41, 5.74) is 2.40. The standard InChI is InChI=1S/C19H30N2O3Si/c1-13(2)25(14(3)4,15(5)6)24-17-12-21(19(22)23-7)18(17)16-8-10-20-11-9-16/h8-15,18H,1-7H3. The summed E-state index contributed by atoms with van der Waals surface area (Å²) in [5.74, 6) is 0.861. The molecule has 2 heterocycles. The first-order valence-corrected chi connectivity index (χ1v) is 11.1. The van der Waals surface area contributed by atoms with Gasteiger partial charge in [0.1, 0.15) is 11.8 Å². The summed E-state index contributed by atoms with van der Waals surface area (Å²) in [6.45, 7) is 13.5. The average Bonchev–Trinajstić information content (AvgIpc) is 2.53. The molecule has 6 heteroatoms. The molecule has 0 fully saturated rings. The van der Waals surface area contributed by atoms with Crippen molar-refractivity contribution in [2.75, 3.05) is 7.11 Å². The lowest BCUT2D eigenvalue weighted by atomic mass is 10.0. The molecule has 0 radical (unpaired) electrons. The fourth-order valence-corrected chi connectivity index (χ4v) is 9.39. The van der Waals surface area contributed by atoms with Crippen LogP contribution in [0.3, 0.4) is 0 Å². The highest BCUT2D eigenvalue weighted by atomic mass is 28.4. The largest absolute Gasteiger partial charge is 0.543 e. The van der Waals surface area contributed by atoms with E-state index in [9.17, 15) is 4.79 Å². The number of pyridine rings is 1. The maximum atomic E-state index is 12.1. The first-order chi connectivity index (χ1) is 11.8. The molecule has 1 unspecified atom stereocenters. The molecular weight excluding hydrogens is 332 g/mol. The lowest BCUT2D eigenvalue weighted by molar-refractivity contribution is 0.103. The second-order valence-corrected chi connectivity index (χ2v) is 12.9. The highest BCUT2D eigenvalue weighted by Gasteiger charge is 2.50. The number of carbonyl (C=O) groups is 1. The third-order valence-electron chi connectivity index (χ3n) is 5.22. The molecule has 5 nitrogen and oxygen atoms in total. The SMILES string of the molecule is COC(=O)N1C=C(O[Si](C(C)C)(C(C)C)C(C)C)C1c1ccncc1. The molecule has 25 heavy (non-hydrogen) atoms. The molecule has 0 saturated heterocycles. The minimum Gasteiger partial charge on any atom is -0.543 e. The second-order valence-electron chi connectivity index (χ2n) is 7.51. The molecule has 1 aromatic heterocycles. The van der Waals surface area contributed by atoms with E-state index >= 15 is 0 Å². The Balaban J connectivity index is 2.40. The molecular formula is C19H30N2O3Si. The Bertz CT molecular complexity index is 607. The predicted octanol–water partition coefficient (Wildman–Crippen LogP) is 5.24. The van der Waals surface area contributed by atoms with Gasteiger partial charge in [0.15, 0.2) is 0 Å². The third-order valence-corrected chi connectivity index (χ3v) is 11.2. The van der Waals surface area contributed by atoms with Gasteiger partial charge < -0.3 is 9.16 Å². The topological polar surface area (TPSA) is 51.7 Å². The zero-order valence-electron chi connectivity index (χ0n) is 16.3. The van der Waals surface area contributed by atoms with Gasteiger partial charge in [-0.15, -0.1) is 0 Å². The Morgan fingerprint density at radius 3 is 2.04 bits per heavy atom. The highest BCUT2D eigenvalue weighted by molar-refractivity contribution is 6.77. The van der Waals surface area contributed by atoms with Gasteiger partial charge in [0.05, 0.1) is 13.3 Å². The third kappa shape index (κ3) is 3.45. The van der Waals surface area contributed by atoms with Gasteiger partial charge >= 0.3 is 6.09 Å². The summed E-state index contributed by atoms with van der Waals surface area (Å²) >= 11 is 0. The van der Waals surface area contributed by atoms with Crippen molar-refractivity contribution in [2.24, 2.45) is 0 Å². The van der Waals surface area contributed by atoms with Gasteiger partial charge in [-0.25, -0.2) is 4.79 Å². The van der Waals surface area contributed by atoms with E-state index in [0.29, 0.717) is 16.6 Å². The fraction of sp³-hybridized carbons (Fsp3) is 0.579. The van der Waals surface area contributed by atoms with E-state index in [1.807, 2.05) is 12.1 Å². The van der Waals surface area contributed by atoms with Crippen LogP contribution in [0.2, 0.25) is 16.6 Å². The van der Waals surface area contributed by atoms with Crippen molar-refractivity contribution in [3.63, 3.8) is 0 Å². The van der Waals surface area contributed by atoms with Gasteiger partial charge in [-0.05, 0) is 34.3 Å². The number of methoxy groups -OCH3 is 1. The molecule has 1 aromatic rings. The zero-order chi connectivity index (χ0) is 18.8. The van der Waals surface area contributed by atoms with E-state index in [1.165, 1.54) is 7.11 Å². The van der Waals surface area contributed by atoms with Crippen molar-refractivity contribution in [2.45, 2.75) is 64.2 Å². The Labute approximate surface area is 152 Å². The maximum absolute atomic E-state index is 12.1. The number of amides is 1. The number of ether oxygens (including phenoxy) is 1. The van der Waals surface area contributed by atoms with Crippen molar-refractivity contribution >= 4 is 14.4 Å². The summed E-state index contributed by atoms with van der Waals surface area (Å²) in [4.78, 5) is 17.8. The zero-order valence-corrected chi connectivity index (χ0v) is 17.3. The molecule has 1 amide bonds. The van der Waals surface area contributed by atoms with E-state index < -0.39 is 8.32 Å². The van der Waals surface area contributed by atoms with Crippen LogP contribution in [0.25, 0.3) is 0 Å². The van der Waals surface area contributed by atoms with Gasteiger partial charge in [-0.2, -0.15) is 0 Å². The van der Waals surface area contributed by atoms with Crippen LogP contribution >= 0.6 is 0 Å². The number of carbonyl (C=O) groups excluding carboxylic acids is 1. The van der Waals surface area contributed by atoms with Crippen molar-refractivity contribution in [1.29, 1.82) is 0 Å². The van der Waals surface area contributed by atoms with Gasteiger partial charge in [0.25, 0.3) is 8.32 Å². The first kappa shape index (κ1) is 19.5. The molecule has 138 valence electrons. The quantitative estimate of drug-likeness (QED) is 0.650. The molecule has 1 atom stereocenters. The van der Waals surface area contributed by atoms with Gasteiger partial charge in [0, 0.05) is 12.4 Å². The van der Waals surface area contributed by atoms with E-state index in [-0.39, 0.29) is 12.1 Å². The lowest BCUT2D eigenvalue weighted by Crippen LogP contribution is -2.51. The van der Waals surface area contributed by atoms with Crippen LogP contribution in [0.1, 0.15) is 53.1 Å². The van der Waals surface area contributed by atoms with Crippen molar-refractivity contribution in [3.05, 3.63) is 42.0 Å². The van der Waals surface area contributed by atoms with Crippen LogP contribution in [-0.4, -0.2) is 31.4 Å². The Morgan fingerprint density at radius 1 is 1.08 bits per heavy atom. The second kappa shape index (κ2) is 7.60. The number of hydrogen-bond acceptors (Lipinski definition) is 4. The van der Waals surface area contributed by atoms with Crippen LogP contribution < -0.4 is 0 Å². The Morgan fingerprint density at radius 2 is 1.60 bits per heavy atom. The van der Waals surface area contributed by atoms with Gasteiger partial charge in [-0.3, -0.25) is 9.88 Å². The molecule has 0 bridgehead atoms. The summed E-state index contributed by atoms with van der Waals surface area (Å²) in [5, 5.41) is 0. The van der Waals surface area contributed by atoms with Crippen molar-refractivity contribution in [3.8, 4) is 0 Å². The van der Waals surface area contributed by atoms with Crippen LogP contribution in [0.15, 0.2) is 36.5 Å². The highest BCUT2D eigenvalue weighted by Crippen LogP contribution is 2.48. The summed E-state index contributed by atoms with van der Waals surface area (Å²) in [7, 11) is -0.675. The van der Waals surface area contributed by atoms with Crippen LogP contribution in [0.4, 0.5) is 4.79 Å². The molecule has 1 aliphatic rings. The smallest absolute Gasteiger partial charge is 0.414 e. The first-order valence-electron chi connectivity index (χ1n) is 8.92. The van der Waals surface area contributed by atoms with E-state index in [4.69, 9.17) is 9.16 Å². The number of aromatic nitrogens is 1. The van der Waals surface area contributed by atoms with E-state index in [1.54, 1.807) is 23.5 Å². The lowest BCUT2D eigenvalue weighted by Gasteiger charge is -2.48. The molecule has 1 aliphatic heterocycles. The summed E-state index contributed by atoms with van der Waals surface area (Å²) in [6, 6.07) is 3.60. The number of hydrogen-bond donors (Lipinski definition) is 0. The van der Waals surface area contributed by atoms with E-state index in [2.05, 4.69) is 46.5 Å². The molecule has 0 spiro atoms. The summed E-state index contributed by atoms with van der Waals surface area (Å²) < 4.78 is 11.7. The normalized spacial score (nSPS) is 17.6. The minimum absolute atomic E-state index is 0.237. The average molecular weight is 363 g/mol. The number of rotatable bonds is 6. The summed E-state index contributed by atoms with van der Waals surface area (Å²) in [6.07, 6.45) is 4.88. The van der Waals surface area contributed by atoms with Crippen LogP contribution in [-0.2, 0) is 9.16 Å². The van der Waals surface area contributed by atoms with Gasteiger partial charge in [0.2, 0.25) is 0 Å². The Hall–Kier alpha value is -1.82. The fourth-order valence-electron chi connectivity index (χ4n) is 4.11. The molecule has 0 aliphatic carbocycles. The monoisotopic (exact) mass is 362 g/mol.